The molecule has 1 aromatic rings. The van der Waals surface area contributed by atoms with E-state index in [1.54, 1.807) is 0 Å². The molecule has 0 aromatic heterocycles. The molecule has 84 valence electrons. The summed E-state index contributed by atoms with van der Waals surface area (Å²) in [6.07, 6.45) is 7.42. The molecular formula is C14H15ClO. The molecule has 1 aliphatic carbocycles. The van der Waals surface area contributed by atoms with E-state index in [1.807, 2.05) is 36.4 Å². The van der Waals surface area contributed by atoms with Crippen molar-refractivity contribution in [1.82, 2.24) is 0 Å². The van der Waals surface area contributed by atoms with Gasteiger partial charge in [0.15, 0.2) is 0 Å². The molecule has 0 unspecified atom stereocenters. The molecule has 0 bridgehead atoms. The van der Waals surface area contributed by atoms with Gasteiger partial charge in [0, 0.05) is 5.03 Å². The summed E-state index contributed by atoms with van der Waals surface area (Å²) in [6.45, 7) is 0.597. The van der Waals surface area contributed by atoms with Crippen LogP contribution in [-0.4, -0.2) is 6.61 Å². The lowest BCUT2D eigenvalue weighted by Crippen LogP contribution is -1.99. The largest absolute Gasteiger partial charge is 0.489 e. The van der Waals surface area contributed by atoms with Crippen molar-refractivity contribution in [3.8, 4) is 5.75 Å². The number of para-hydroxylation sites is 1. The maximum absolute atomic E-state index is 6.06. The van der Waals surface area contributed by atoms with Gasteiger partial charge in [0.2, 0.25) is 0 Å². The Bertz CT molecular complexity index is 392. The zero-order chi connectivity index (χ0) is 11.2. The van der Waals surface area contributed by atoms with Gasteiger partial charge in [-0.25, -0.2) is 0 Å². The summed E-state index contributed by atoms with van der Waals surface area (Å²) in [6, 6.07) is 9.85. The minimum absolute atomic E-state index is 0.597. The Balaban J connectivity index is 1.95. The van der Waals surface area contributed by atoms with Gasteiger partial charge in [-0.3, -0.25) is 0 Å². The number of rotatable bonds is 3. The van der Waals surface area contributed by atoms with Gasteiger partial charge in [0.25, 0.3) is 0 Å². The molecule has 2 heteroatoms. The van der Waals surface area contributed by atoms with Crippen molar-refractivity contribution in [1.29, 1.82) is 0 Å². The van der Waals surface area contributed by atoms with Gasteiger partial charge in [0.05, 0.1) is 0 Å². The van der Waals surface area contributed by atoms with Gasteiger partial charge in [-0.15, -0.1) is 0 Å². The molecule has 0 saturated carbocycles. The molecule has 0 radical (unpaired) electrons. The molecule has 1 aliphatic rings. The normalized spacial score (nSPS) is 16.1. The number of benzene rings is 1. The molecular weight excluding hydrogens is 220 g/mol. The third-order valence-corrected chi connectivity index (χ3v) is 2.82. The van der Waals surface area contributed by atoms with Crippen LogP contribution in [0.4, 0.5) is 0 Å². The first kappa shape index (κ1) is 11.3. The molecule has 0 atom stereocenters. The molecule has 1 nitrogen and oxygen atoms in total. The molecule has 1 aromatic carbocycles. The minimum atomic E-state index is 0.597. The molecule has 0 spiro atoms. The standard InChI is InChI=1S/C14H15ClO/c15-13-7-5-4-6-12(10-13)11-16-14-8-2-1-3-9-14/h1-3,6,8-10H,4-5,7,11H2. The second-order valence-corrected chi connectivity index (χ2v) is 4.35. The van der Waals surface area contributed by atoms with Gasteiger partial charge in [0.1, 0.15) is 12.4 Å². The Kier molecular flexibility index (Phi) is 4.06. The Hall–Kier alpha value is -1.21. The topological polar surface area (TPSA) is 9.23 Å². The molecule has 0 aliphatic heterocycles. The zero-order valence-corrected chi connectivity index (χ0v) is 9.91. The van der Waals surface area contributed by atoms with Crippen molar-refractivity contribution in [2.75, 3.05) is 6.61 Å². The summed E-state index contributed by atoms with van der Waals surface area (Å²) < 4.78 is 5.68. The fourth-order valence-corrected chi connectivity index (χ4v) is 1.95. The van der Waals surface area contributed by atoms with E-state index in [0.717, 1.165) is 30.0 Å². The number of halogens is 1. The first-order valence-electron chi connectivity index (χ1n) is 5.57. The molecule has 0 saturated heterocycles. The highest BCUT2D eigenvalue weighted by Crippen LogP contribution is 2.20. The van der Waals surface area contributed by atoms with E-state index in [2.05, 4.69) is 6.08 Å². The minimum Gasteiger partial charge on any atom is -0.489 e. The molecule has 0 heterocycles. The van der Waals surface area contributed by atoms with Crippen molar-refractivity contribution in [3.63, 3.8) is 0 Å². The molecule has 0 N–H and O–H groups in total. The van der Waals surface area contributed by atoms with E-state index >= 15 is 0 Å². The van der Waals surface area contributed by atoms with Gasteiger partial charge >= 0.3 is 0 Å². The lowest BCUT2D eigenvalue weighted by Gasteiger charge is -2.06. The van der Waals surface area contributed by atoms with Crippen LogP contribution in [0, 0.1) is 0 Å². The fourth-order valence-electron chi connectivity index (χ4n) is 1.67. The predicted octanol–water partition coefficient (Wildman–Crippen LogP) is 4.30. The van der Waals surface area contributed by atoms with Crippen molar-refractivity contribution < 1.29 is 4.74 Å². The number of hydrogen-bond donors (Lipinski definition) is 0. The summed E-state index contributed by atoms with van der Waals surface area (Å²) in [5.41, 5.74) is 1.17. The van der Waals surface area contributed by atoms with Crippen LogP contribution >= 0.6 is 11.6 Å². The van der Waals surface area contributed by atoms with Crippen LogP contribution in [0.2, 0.25) is 0 Å². The highest BCUT2D eigenvalue weighted by molar-refractivity contribution is 6.29. The van der Waals surface area contributed by atoms with Crippen LogP contribution in [0.25, 0.3) is 0 Å². The monoisotopic (exact) mass is 234 g/mol. The van der Waals surface area contributed by atoms with E-state index in [9.17, 15) is 0 Å². The highest BCUT2D eigenvalue weighted by Gasteiger charge is 2.03. The zero-order valence-electron chi connectivity index (χ0n) is 9.16. The number of ether oxygens (including phenoxy) is 1. The third-order valence-electron chi connectivity index (χ3n) is 2.52. The maximum atomic E-state index is 6.06. The van der Waals surface area contributed by atoms with E-state index < -0.39 is 0 Å². The SMILES string of the molecule is ClC1=CC(COc2ccccc2)=CCCC1. The molecule has 0 fully saturated rings. The molecule has 0 amide bonds. The van der Waals surface area contributed by atoms with Crippen molar-refractivity contribution in [3.05, 3.63) is 53.1 Å². The van der Waals surface area contributed by atoms with Crippen LogP contribution in [0.15, 0.2) is 53.1 Å². The van der Waals surface area contributed by atoms with Crippen LogP contribution < -0.4 is 4.74 Å². The fraction of sp³-hybridized carbons (Fsp3) is 0.286. The van der Waals surface area contributed by atoms with Crippen LogP contribution in [0.3, 0.4) is 0 Å². The molecule has 16 heavy (non-hydrogen) atoms. The van der Waals surface area contributed by atoms with E-state index in [4.69, 9.17) is 16.3 Å². The average Bonchev–Trinajstić information content (AvgIpc) is 2.52. The quantitative estimate of drug-likeness (QED) is 0.758. The van der Waals surface area contributed by atoms with Crippen molar-refractivity contribution in [2.45, 2.75) is 19.3 Å². The maximum Gasteiger partial charge on any atom is 0.119 e. The Labute approximate surface area is 101 Å². The first-order chi connectivity index (χ1) is 7.84. The van der Waals surface area contributed by atoms with Gasteiger partial charge in [-0.1, -0.05) is 35.9 Å². The van der Waals surface area contributed by atoms with Crippen LogP contribution in [0.5, 0.6) is 5.75 Å². The second-order valence-electron chi connectivity index (χ2n) is 3.86. The molecule has 2 rings (SSSR count). The first-order valence-corrected chi connectivity index (χ1v) is 5.95. The summed E-state index contributed by atoms with van der Waals surface area (Å²) in [5.74, 6) is 0.900. The summed E-state index contributed by atoms with van der Waals surface area (Å²) in [7, 11) is 0. The Morgan fingerprint density at radius 3 is 2.81 bits per heavy atom. The smallest absolute Gasteiger partial charge is 0.119 e. The summed E-state index contributed by atoms with van der Waals surface area (Å²) in [4.78, 5) is 0. The van der Waals surface area contributed by atoms with E-state index in [0.29, 0.717) is 6.61 Å². The van der Waals surface area contributed by atoms with Crippen molar-refractivity contribution in [2.24, 2.45) is 0 Å². The lowest BCUT2D eigenvalue weighted by atomic mass is 10.2. The second kappa shape index (κ2) is 5.76. The highest BCUT2D eigenvalue weighted by atomic mass is 35.5. The lowest BCUT2D eigenvalue weighted by molar-refractivity contribution is 0.355. The third kappa shape index (κ3) is 3.42. The van der Waals surface area contributed by atoms with E-state index in [1.165, 1.54) is 5.57 Å². The van der Waals surface area contributed by atoms with E-state index in [-0.39, 0.29) is 0 Å². The van der Waals surface area contributed by atoms with Gasteiger partial charge in [-0.2, -0.15) is 0 Å². The van der Waals surface area contributed by atoms with Crippen molar-refractivity contribution >= 4 is 11.6 Å². The van der Waals surface area contributed by atoms with Gasteiger partial charge in [-0.05, 0) is 43.0 Å². The number of hydrogen-bond acceptors (Lipinski definition) is 1. The Morgan fingerprint density at radius 2 is 2.00 bits per heavy atom. The van der Waals surface area contributed by atoms with Crippen LogP contribution in [-0.2, 0) is 0 Å². The predicted molar refractivity (Wildman–Crippen MR) is 67.8 cm³/mol. The van der Waals surface area contributed by atoms with Crippen LogP contribution in [0.1, 0.15) is 19.3 Å². The van der Waals surface area contributed by atoms with Gasteiger partial charge < -0.3 is 4.74 Å². The number of allylic oxidation sites excluding steroid dienone is 2. The summed E-state index contributed by atoms with van der Waals surface area (Å²) >= 11 is 6.06. The average molecular weight is 235 g/mol. The Morgan fingerprint density at radius 1 is 1.19 bits per heavy atom. The summed E-state index contributed by atoms with van der Waals surface area (Å²) in [5, 5.41) is 0.931.